The number of nitro benzene ring substituents is 2. The summed E-state index contributed by atoms with van der Waals surface area (Å²) in [5, 5.41) is 26.2. The molecule has 1 aliphatic carbocycles. The van der Waals surface area contributed by atoms with Crippen LogP contribution in [0.5, 0.6) is 0 Å². The van der Waals surface area contributed by atoms with Crippen LogP contribution in [-0.4, -0.2) is 15.6 Å². The zero-order chi connectivity index (χ0) is 20.2. The van der Waals surface area contributed by atoms with E-state index in [1.54, 1.807) is 0 Å². The van der Waals surface area contributed by atoms with Gasteiger partial charge in [0.25, 0.3) is 5.69 Å². The van der Waals surface area contributed by atoms with Gasteiger partial charge in [-0.15, -0.1) is 0 Å². The highest BCUT2D eigenvalue weighted by molar-refractivity contribution is 5.98. The summed E-state index contributed by atoms with van der Waals surface area (Å²) in [6, 6.07) is 3.42. The lowest BCUT2D eigenvalue weighted by atomic mass is 9.71. The van der Waals surface area contributed by atoms with Crippen LogP contribution in [0.2, 0.25) is 0 Å². The van der Waals surface area contributed by atoms with Crippen molar-refractivity contribution >= 4 is 22.8 Å². The smallest absolute Gasteiger partial charge is 0.271 e. The van der Waals surface area contributed by atoms with Crippen molar-refractivity contribution < 1.29 is 9.85 Å². The molecule has 0 spiro atoms. The third-order valence-corrected chi connectivity index (χ3v) is 4.93. The third kappa shape index (κ3) is 4.99. The van der Waals surface area contributed by atoms with Gasteiger partial charge < -0.3 is 0 Å². The molecule has 27 heavy (non-hydrogen) atoms. The molecule has 0 bridgehead atoms. The SMILES string of the molecule is CC(=N/Nc1ccc([N+](=O)[O-])cc1[N+](=O)[O-])/C(C)=C/C1C=CCCC1(C)C. The van der Waals surface area contributed by atoms with Crippen molar-refractivity contribution in [2.45, 2.75) is 40.5 Å². The van der Waals surface area contributed by atoms with E-state index >= 15 is 0 Å². The van der Waals surface area contributed by atoms with Gasteiger partial charge in [-0.1, -0.05) is 32.1 Å². The molecule has 1 unspecified atom stereocenters. The lowest BCUT2D eigenvalue weighted by Crippen LogP contribution is -2.23. The lowest BCUT2D eigenvalue weighted by molar-refractivity contribution is -0.393. The van der Waals surface area contributed by atoms with E-state index in [4.69, 9.17) is 0 Å². The highest BCUT2D eigenvalue weighted by Gasteiger charge is 2.27. The largest absolute Gasteiger partial charge is 0.301 e. The van der Waals surface area contributed by atoms with Crippen molar-refractivity contribution in [3.63, 3.8) is 0 Å². The fraction of sp³-hybridized carbons (Fsp3) is 0.421. The van der Waals surface area contributed by atoms with Gasteiger partial charge in [0.1, 0.15) is 5.69 Å². The monoisotopic (exact) mass is 372 g/mol. The number of allylic oxidation sites excluding steroid dienone is 4. The maximum Gasteiger partial charge on any atom is 0.301 e. The van der Waals surface area contributed by atoms with Gasteiger partial charge in [0.2, 0.25) is 0 Å². The molecule has 144 valence electrons. The highest BCUT2D eigenvalue weighted by atomic mass is 16.6. The summed E-state index contributed by atoms with van der Waals surface area (Å²) < 4.78 is 0. The number of benzene rings is 1. The van der Waals surface area contributed by atoms with Crippen molar-refractivity contribution in [3.05, 3.63) is 62.2 Å². The normalized spacial score (nSPS) is 19.6. The molecule has 0 saturated carbocycles. The van der Waals surface area contributed by atoms with Gasteiger partial charge in [-0.05, 0) is 43.7 Å². The Morgan fingerprint density at radius 1 is 1.26 bits per heavy atom. The second-order valence-electron chi connectivity index (χ2n) is 7.36. The number of nitro groups is 2. The summed E-state index contributed by atoms with van der Waals surface area (Å²) in [6.45, 7) is 8.23. The van der Waals surface area contributed by atoms with E-state index in [0.717, 1.165) is 24.5 Å². The molecule has 0 aliphatic heterocycles. The molecule has 2 rings (SSSR count). The molecule has 1 aromatic rings. The summed E-state index contributed by atoms with van der Waals surface area (Å²) in [5.41, 5.74) is 3.87. The van der Waals surface area contributed by atoms with Crippen LogP contribution in [0.15, 0.2) is 47.1 Å². The number of nitrogens with zero attached hydrogens (tertiary/aromatic N) is 3. The number of hydrogen-bond acceptors (Lipinski definition) is 6. The van der Waals surface area contributed by atoms with Crippen molar-refractivity contribution in [2.75, 3.05) is 5.43 Å². The Balaban J connectivity index is 2.23. The van der Waals surface area contributed by atoms with Crippen LogP contribution >= 0.6 is 0 Å². The molecule has 1 N–H and O–H groups in total. The van der Waals surface area contributed by atoms with Gasteiger partial charge >= 0.3 is 5.69 Å². The van der Waals surface area contributed by atoms with Crippen LogP contribution in [0, 0.1) is 31.6 Å². The Morgan fingerprint density at radius 2 is 1.96 bits per heavy atom. The number of anilines is 1. The first-order chi connectivity index (χ1) is 12.6. The Hall–Kier alpha value is -3.03. The quantitative estimate of drug-likeness (QED) is 0.318. The summed E-state index contributed by atoms with van der Waals surface area (Å²) in [6.07, 6.45) is 8.73. The fourth-order valence-corrected chi connectivity index (χ4v) is 2.91. The van der Waals surface area contributed by atoms with Gasteiger partial charge in [-0.25, -0.2) is 0 Å². The maximum atomic E-state index is 11.2. The van der Waals surface area contributed by atoms with Crippen molar-refractivity contribution in [1.29, 1.82) is 0 Å². The first-order valence-electron chi connectivity index (χ1n) is 8.70. The molecule has 0 aromatic heterocycles. The average Bonchev–Trinajstić information content (AvgIpc) is 2.60. The molecule has 0 amide bonds. The van der Waals surface area contributed by atoms with E-state index in [9.17, 15) is 20.2 Å². The molecule has 1 aromatic carbocycles. The molecule has 1 atom stereocenters. The number of hydrogen-bond donors (Lipinski definition) is 1. The van der Waals surface area contributed by atoms with Crippen LogP contribution in [0.3, 0.4) is 0 Å². The topological polar surface area (TPSA) is 111 Å². The number of non-ortho nitro benzene ring substituents is 1. The minimum Gasteiger partial charge on any atom is -0.271 e. The van der Waals surface area contributed by atoms with Gasteiger partial charge in [0.15, 0.2) is 0 Å². The number of rotatable bonds is 6. The van der Waals surface area contributed by atoms with Crippen LogP contribution in [0.4, 0.5) is 17.1 Å². The van der Waals surface area contributed by atoms with E-state index in [1.807, 2.05) is 13.8 Å². The van der Waals surface area contributed by atoms with Crippen molar-refractivity contribution in [3.8, 4) is 0 Å². The molecular weight excluding hydrogens is 348 g/mol. The highest BCUT2D eigenvalue weighted by Crippen LogP contribution is 2.38. The standard InChI is InChI=1S/C19H24N4O4/c1-13(11-15-7-5-6-10-19(15,3)4)14(2)20-21-17-9-8-16(22(24)25)12-18(17)23(26)27/h5,7-9,11-12,15,21H,6,10H2,1-4H3/b13-11+,20-14-. The molecule has 8 nitrogen and oxygen atoms in total. The van der Waals surface area contributed by atoms with E-state index in [0.29, 0.717) is 11.6 Å². The van der Waals surface area contributed by atoms with E-state index in [2.05, 4.69) is 42.6 Å². The lowest BCUT2D eigenvalue weighted by Gasteiger charge is -2.33. The predicted octanol–water partition coefficient (Wildman–Crippen LogP) is 5.23. The van der Waals surface area contributed by atoms with Gasteiger partial charge in [0.05, 0.1) is 21.6 Å². The average molecular weight is 372 g/mol. The fourth-order valence-electron chi connectivity index (χ4n) is 2.91. The van der Waals surface area contributed by atoms with E-state index < -0.39 is 15.5 Å². The maximum absolute atomic E-state index is 11.2. The first-order valence-corrected chi connectivity index (χ1v) is 8.70. The molecule has 8 heteroatoms. The Labute approximate surface area is 158 Å². The van der Waals surface area contributed by atoms with Crippen LogP contribution in [0.1, 0.15) is 40.5 Å². The van der Waals surface area contributed by atoms with E-state index in [-0.39, 0.29) is 16.8 Å². The minimum absolute atomic E-state index is 0.107. The third-order valence-electron chi connectivity index (χ3n) is 4.93. The molecule has 0 heterocycles. The molecular formula is C19H24N4O4. The molecule has 0 saturated heterocycles. The minimum atomic E-state index is -0.669. The van der Waals surface area contributed by atoms with Gasteiger partial charge in [0, 0.05) is 12.0 Å². The van der Waals surface area contributed by atoms with Crippen LogP contribution < -0.4 is 5.43 Å². The molecule has 0 radical (unpaired) electrons. The zero-order valence-electron chi connectivity index (χ0n) is 15.9. The second kappa shape index (κ2) is 8.11. The summed E-state index contributed by atoms with van der Waals surface area (Å²) in [7, 11) is 0. The Bertz CT molecular complexity index is 840. The Morgan fingerprint density at radius 3 is 2.56 bits per heavy atom. The number of nitrogens with one attached hydrogen (secondary N) is 1. The molecule has 0 fully saturated rings. The number of hydrazone groups is 1. The van der Waals surface area contributed by atoms with Crippen LogP contribution in [0.25, 0.3) is 0 Å². The van der Waals surface area contributed by atoms with Crippen LogP contribution in [-0.2, 0) is 0 Å². The summed E-state index contributed by atoms with van der Waals surface area (Å²) in [5.74, 6) is 0.296. The van der Waals surface area contributed by atoms with Crippen molar-refractivity contribution in [2.24, 2.45) is 16.4 Å². The summed E-state index contributed by atoms with van der Waals surface area (Å²) >= 11 is 0. The first kappa shape index (κ1) is 20.3. The second-order valence-corrected chi connectivity index (χ2v) is 7.36. The predicted molar refractivity (Wildman–Crippen MR) is 106 cm³/mol. The van der Waals surface area contributed by atoms with Crippen molar-refractivity contribution in [1.82, 2.24) is 0 Å². The molecule has 1 aliphatic rings. The van der Waals surface area contributed by atoms with Gasteiger partial charge in [-0.3, -0.25) is 25.7 Å². The van der Waals surface area contributed by atoms with E-state index in [1.165, 1.54) is 12.1 Å². The Kier molecular flexibility index (Phi) is 6.09. The zero-order valence-corrected chi connectivity index (χ0v) is 15.9. The van der Waals surface area contributed by atoms with Gasteiger partial charge in [-0.2, -0.15) is 5.10 Å². The summed E-state index contributed by atoms with van der Waals surface area (Å²) in [4.78, 5) is 20.7.